The van der Waals surface area contributed by atoms with Crippen LogP contribution < -0.4 is 10.6 Å². The molecule has 1 aromatic rings. The van der Waals surface area contributed by atoms with E-state index in [1.807, 2.05) is 0 Å². The Morgan fingerprint density at radius 2 is 1.91 bits per heavy atom. The number of anilines is 1. The molecule has 2 saturated carbocycles. The first-order chi connectivity index (χ1) is 11.1. The van der Waals surface area contributed by atoms with E-state index in [4.69, 9.17) is 12.2 Å². The Labute approximate surface area is 144 Å². The molecular weight excluding hydrogens is 300 g/mol. The fourth-order valence-corrected chi connectivity index (χ4v) is 5.27. The molecule has 0 heterocycles. The maximum atomic E-state index is 5.55. The highest BCUT2D eigenvalue weighted by atomic mass is 32.1. The first kappa shape index (κ1) is 15.2. The van der Waals surface area contributed by atoms with Gasteiger partial charge in [0.1, 0.15) is 0 Å². The molecule has 0 radical (unpaired) electrons. The Morgan fingerprint density at radius 1 is 1.13 bits per heavy atom. The van der Waals surface area contributed by atoms with E-state index < -0.39 is 0 Å². The number of fused-ring (bicyclic) bond motifs is 5. The van der Waals surface area contributed by atoms with Gasteiger partial charge in [0.15, 0.2) is 5.11 Å². The SMILES string of the molecule is CC(C)c1ccc(NC(=S)N[C@H]2C[C@H]3C[C@@H]2[C@@H]2C=CC[C@@H]32)cc1. The van der Waals surface area contributed by atoms with E-state index in [1.165, 1.54) is 24.8 Å². The number of thiocarbonyl (C=S) groups is 1. The van der Waals surface area contributed by atoms with Crippen molar-refractivity contribution in [2.24, 2.45) is 23.7 Å². The molecule has 0 amide bonds. The molecular formula is C20H26N2S. The van der Waals surface area contributed by atoms with Gasteiger partial charge in [0.05, 0.1) is 0 Å². The highest BCUT2D eigenvalue weighted by molar-refractivity contribution is 7.80. The smallest absolute Gasteiger partial charge is 0.171 e. The van der Waals surface area contributed by atoms with Crippen molar-refractivity contribution in [3.63, 3.8) is 0 Å². The van der Waals surface area contributed by atoms with Crippen LogP contribution in [0.1, 0.15) is 44.6 Å². The van der Waals surface area contributed by atoms with Crippen LogP contribution in [0.3, 0.4) is 0 Å². The zero-order valence-electron chi connectivity index (χ0n) is 14.0. The highest BCUT2D eigenvalue weighted by Gasteiger charge is 2.52. The Bertz CT molecular complexity index is 619. The molecule has 0 spiro atoms. The third kappa shape index (κ3) is 2.80. The van der Waals surface area contributed by atoms with Crippen molar-refractivity contribution < 1.29 is 0 Å². The Hall–Kier alpha value is -1.35. The molecule has 122 valence electrons. The summed E-state index contributed by atoms with van der Waals surface area (Å²) >= 11 is 5.55. The summed E-state index contributed by atoms with van der Waals surface area (Å²) in [5.74, 6) is 4.00. The number of allylic oxidation sites excluding steroid dienone is 2. The normalized spacial score (nSPS) is 34.0. The van der Waals surface area contributed by atoms with E-state index in [-0.39, 0.29) is 0 Å². The van der Waals surface area contributed by atoms with Gasteiger partial charge in [-0.15, -0.1) is 0 Å². The maximum Gasteiger partial charge on any atom is 0.171 e. The van der Waals surface area contributed by atoms with Crippen molar-refractivity contribution >= 4 is 23.0 Å². The number of rotatable bonds is 3. The highest BCUT2D eigenvalue weighted by Crippen LogP contribution is 2.56. The van der Waals surface area contributed by atoms with Gasteiger partial charge in [-0.3, -0.25) is 0 Å². The third-order valence-corrected chi connectivity index (χ3v) is 6.38. The van der Waals surface area contributed by atoms with Crippen molar-refractivity contribution in [3.8, 4) is 0 Å². The first-order valence-corrected chi connectivity index (χ1v) is 9.37. The van der Waals surface area contributed by atoms with Gasteiger partial charge in [0.2, 0.25) is 0 Å². The van der Waals surface area contributed by atoms with E-state index >= 15 is 0 Å². The predicted molar refractivity (Wildman–Crippen MR) is 101 cm³/mol. The van der Waals surface area contributed by atoms with Gasteiger partial charge in [0.25, 0.3) is 0 Å². The van der Waals surface area contributed by atoms with Crippen molar-refractivity contribution in [2.45, 2.75) is 45.1 Å². The van der Waals surface area contributed by atoms with Crippen molar-refractivity contribution in [1.29, 1.82) is 0 Å². The minimum Gasteiger partial charge on any atom is -0.359 e. The average molecular weight is 327 g/mol. The van der Waals surface area contributed by atoms with Crippen LogP contribution in [0.4, 0.5) is 5.69 Å². The quantitative estimate of drug-likeness (QED) is 0.622. The summed E-state index contributed by atoms with van der Waals surface area (Å²) in [6, 6.07) is 9.17. The minimum absolute atomic E-state index is 0.555. The van der Waals surface area contributed by atoms with Crippen LogP contribution >= 0.6 is 12.2 Å². The van der Waals surface area contributed by atoms with Crippen LogP contribution in [0.5, 0.6) is 0 Å². The summed E-state index contributed by atoms with van der Waals surface area (Å²) < 4.78 is 0. The molecule has 5 atom stereocenters. The predicted octanol–water partition coefficient (Wildman–Crippen LogP) is 4.70. The lowest BCUT2D eigenvalue weighted by molar-refractivity contribution is 0.246. The van der Waals surface area contributed by atoms with E-state index in [9.17, 15) is 0 Å². The van der Waals surface area contributed by atoms with Gasteiger partial charge < -0.3 is 10.6 Å². The summed E-state index contributed by atoms with van der Waals surface area (Å²) in [6.45, 7) is 4.43. The molecule has 0 saturated heterocycles. The van der Waals surface area contributed by atoms with Gasteiger partial charge in [-0.05, 0) is 78.8 Å². The summed E-state index contributed by atoms with van der Waals surface area (Å²) in [6.07, 6.45) is 8.85. The van der Waals surface area contributed by atoms with Gasteiger partial charge in [0, 0.05) is 11.7 Å². The fraction of sp³-hybridized carbons (Fsp3) is 0.550. The Morgan fingerprint density at radius 3 is 2.65 bits per heavy atom. The molecule has 1 aromatic carbocycles. The number of hydrogen-bond acceptors (Lipinski definition) is 1. The topological polar surface area (TPSA) is 24.1 Å². The van der Waals surface area contributed by atoms with Crippen LogP contribution in [0.15, 0.2) is 36.4 Å². The molecule has 2 fully saturated rings. The molecule has 3 aliphatic carbocycles. The summed E-state index contributed by atoms with van der Waals surface area (Å²) in [5.41, 5.74) is 2.44. The Kier molecular flexibility index (Phi) is 3.92. The fourth-order valence-electron chi connectivity index (χ4n) is 5.00. The van der Waals surface area contributed by atoms with Crippen LogP contribution in [-0.4, -0.2) is 11.2 Å². The van der Waals surface area contributed by atoms with Crippen LogP contribution in [-0.2, 0) is 0 Å². The molecule has 0 unspecified atom stereocenters. The first-order valence-electron chi connectivity index (χ1n) is 8.96. The van der Waals surface area contributed by atoms with Crippen molar-refractivity contribution in [3.05, 3.63) is 42.0 Å². The molecule has 0 aliphatic heterocycles. The van der Waals surface area contributed by atoms with E-state index in [1.54, 1.807) is 0 Å². The van der Waals surface area contributed by atoms with Crippen molar-refractivity contribution in [1.82, 2.24) is 5.32 Å². The second-order valence-corrected chi connectivity index (χ2v) is 8.19. The van der Waals surface area contributed by atoms with E-state index in [0.717, 1.165) is 34.5 Å². The summed E-state index contributed by atoms with van der Waals surface area (Å²) in [4.78, 5) is 0. The minimum atomic E-state index is 0.555. The van der Waals surface area contributed by atoms with Crippen LogP contribution in [0.25, 0.3) is 0 Å². The standard InChI is InChI=1S/C20H26N2S/c1-12(2)13-6-8-15(9-7-13)21-20(23)22-19-11-14-10-18(19)17-5-3-4-16(14)17/h3,5-9,12,14,16-19H,4,10-11H2,1-2H3,(H2,21,22,23)/t14-,16+,17-,18-,19+/m1/s1. The molecule has 2 N–H and O–H groups in total. The lowest BCUT2D eigenvalue weighted by Gasteiger charge is -2.32. The zero-order valence-corrected chi connectivity index (χ0v) is 14.8. The average Bonchev–Trinajstić information content (AvgIpc) is 3.19. The third-order valence-electron chi connectivity index (χ3n) is 6.16. The second kappa shape index (κ2) is 5.94. The monoisotopic (exact) mass is 326 g/mol. The Balaban J connectivity index is 1.35. The lowest BCUT2D eigenvalue weighted by Crippen LogP contribution is -2.44. The number of benzene rings is 1. The van der Waals surface area contributed by atoms with Crippen LogP contribution in [0, 0.1) is 23.7 Å². The molecule has 4 rings (SSSR count). The van der Waals surface area contributed by atoms with Crippen LogP contribution in [0.2, 0.25) is 0 Å². The maximum absolute atomic E-state index is 5.55. The summed E-state index contributed by atoms with van der Waals surface area (Å²) in [5, 5.41) is 7.73. The molecule has 0 aromatic heterocycles. The van der Waals surface area contributed by atoms with Gasteiger partial charge in [-0.1, -0.05) is 38.1 Å². The van der Waals surface area contributed by atoms with E-state index in [2.05, 4.69) is 60.9 Å². The molecule has 3 aliphatic rings. The summed E-state index contributed by atoms with van der Waals surface area (Å²) in [7, 11) is 0. The molecule has 2 nitrogen and oxygen atoms in total. The van der Waals surface area contributed by atoms with Gasteiger partial charge in [-0.25, -0.2) is 0 Å². The molecule has 23 heavy (non-hydrogen) atoms. The number of nitrogens with one attached hydrogen (secondary N) is 2. The van der Waals surface area contributed by atoms with Gasteiger partial charge >= 0.3 is 0 Å². The zero-order chi connectivity index (χ0) is 16.0. The molecule has 3 heteroatoms. The number of hydrogen-bond donors (Lipinski definition) is 2. The van der Waals surface area contributed by atoms with Gasteiger partial charge in [-0.2, -0.15) is 0 Å². The second-order valence-electron chi connectivity index (χ2n) is 7.78. The van der Waals surface area contributed by atoms with Crippen molar-refractivity contribution in [2.75, 3.05) is 5.32 Å². The largest absolute Gasteiger partial charge is 0.359 e. The molecule has 2 bridgehead atoms. The lowest BCUT2D eigenvalue weighted by atomic mass is 9.79. The van der Waals surface area contributed by atoms with E-state index in [0.29, 0.717) is 12.0 Å².